The standard InChI is InChI=1S/C12H15ClFNO/c13-10-3-2-9(11(14)6-10)7-15-12(8-16)4-1-5-12/h2-3,6,15-16H,1,4-5,7-8H2. The van der Waals surface area contributed by atoms with Gasteiger partial charge in [0.1, 0.15) is 5.82 Å². The first-order valence-corrected chi connectivity index (χ1v) is 5.83. The van der Waals surface area contributed by atoms with Crippen molar-refractivity contribution in [1.29, 1.82) is 0 Å². The highest BCUT2D eigenvalue weighted by molar-refractivity contribution is 6.30. The Bertz CT molecular complexity index is 374. The van der Waals surface area contributed by atoms with Crippen LogP contribution in [0.2, 0.25) is 5.02 Å². The van der Waals surface area contributed by atoms with Gasteiger partial charge in [-0.05, 0) is 31.4 Å². The number of nitrogens with one attached hydrogen (secondary N) is 1. The number of hydrogen-bond acceptors (Lipinski definition) is 2. The van der Waals surface area contributed by atoms with Crippen molar-refractivity contribution in [3.63, 3.8) is 0 Å². The molecule has 0 unspecified atom stereocenters. The summed E-state index contributed by atoms with van der Waals surface area (Å²) < 4.78 is 13.5. The highest BCUT2D eigenvalue weighted by atomic mass is 35.5. The fourth-order valence-electron chi connectivity index (χ4n) is 1.94. The Morgan fingerprint density at radius 3 is 2.69 bits per heavy atom. The van der Waals surface area contributed by atoms with Gasteiger partial charge in [0.25, 0.3) is 0 Å². The molecule has 1 saturated carbocycles. The molecule has 0 aromatic heterocycles. The zero-order valence-corrected chi connectivity index (χ0v) is 9.73. The molecule has 0 bridgehead atoms. The lowest BCUT2D eigenvalue weighted by Crippen LogP contribution is -2.53. The lowest BCUT2D eigenvalue weighted by molar-refractivity contribution is 0.0869. The molecule has 2 rings (SSSR count). The maximum Gasteiger partial charge on any atom is 0.129 e. The Labute approximate surface area is 99.4 Å². The van der Waals surface area contributed by atoms with E-state index < -0.39 is 0 Å². The van der Waals surface area contributed by atoms with Crippen LogP contribution in [-0.2, 0) is 6.54 Å². The van der Waals surface area contributed by atoms with Crippen LogP contribution in [-0.4, -0.2) is 17.3 Å². The largest absolute Gasteiger partial charge is 0.394 e. The van der Waals surface area contributed by atoms with Gasteiger partial charge in [-0.1, -0.05) is 17.7 Å². The smallest absolute Gasteiger partial charge is 0.129 e. The van der Waals surface area contributed by atoms with Crippen molar-refractivity contribution in [3.8, 4) is 0 Å². The second kappa shape index (κ2) is 4.70. The van der Waals surface area contributed by atoms with Gasteiger partial charge in [0.05, 0.1) is 6.61 Å². The third-order valence-electron chi connectivity index (χ3n) is 3.28. The lowest BCUT2D eigenvalue weighted by atomic mass is 9.77. The third-order valence-corrected chi connectivity index (χ3v) is 3.52. The second-order valence-corrected chi connectivity index (χ2v) is 4.82. The molecule has 0 amide bonds. The lowest BCUT2D eigenvalue weighted by Gasteiger charge is -2.41. The van der Waals surface area contributed by atoms with Gasteiger partial charge in [-0.3, -0.25) is 0 Å². The van der Waals surface area contributed by atoms with Crippen molar-refractivity contribution in [2.45, 2.75) is 31.3 Å². The summed E-state index contributed by atoms with van der Waals surface area (Å²) in [5, 5.41) is 12.9. The normalized spacial score (nSPS) is 18.2. The summed E-state index contributed by atoms with van der Waals surface area (Å²) in [4.78, 5) is 0. The van der Waals surface area contributed by atoms with E-state index in [1.54, 1.807) is 12.1 Å². The summed E-state index contributed by atoms with van der Waals surface area (Å²) in [7, 11) is 0. The molecule has 0 atom stereocenters. The maximum atomic E-state index is 13.5. The average Bonchev–Trinajstić information content (AvgIpc) is 2.19. The van der Waals surface area contributed by atoms with Gasteiger partial charge in [0.2, 0.25) is 0 Å². The molecular weight excluding hydrogens is 229 g/mol. The number of rotatable bonds is 4. The van der Waals surface area contributed by atoms with Crippen LogP contribution < -0.4 is 5.32 Å². The van der Waals surface area contributed by atoms with Gasteiger partial charge in [0.15, 0.2) is 0 Å². The van der Waals surface area contributed by atoms with E-state index >= 15 is 0 Å². The molecule has 0 aliphatic heterocycles. The molecule has 0 saturated heterocycles. The summed E-state index contributed by atoms with van der Waals surface area (Å²) in [6.07, 6.45) is 3.04. The van der Waals surface area contributed by atoms with E-state index in [2.05, 4.69) is 5.32 Å². The summed E-state index contributed by atoms with van der Waals surface area (Å²) in [6, 6.07) is 4.66. The van der Waals surface area contributed by atoms with Gasteiger partial charge in [-0.15, -0.1) is 0 Å². The molecule has 1 aromatic rings. The maximum absolute atomic E-state index is 13.5. The minimum Gasteiger partial charge on any atom is -0.394 e. The summed E-state index contributed by atoms with van der Waals surface area (Å²) in [6.45, 7) is 0.547. The predicted octanol–water partition coefficient (Wildman–Crippen LogP) is 2.48. The molecule has 0 radical (unpaired) electrons. The minimum absolute atomic E-state index is 0.113. The van der Waals surface area contributed by atoms with Crippen molar-refractivity contribution in [1.82, 2.24) is 5.32 Å². The number of aliphatic hydroxyl groups is 1. The molecule has 1 fully saturated rings. The SMILES string of the molecule is OCC1(NCc2ccc(Cl)cc2F)CCC1. The van der Waals surface area contributed by atoms with E-state index in [9.17, 15) is 9.50 Å². The van der Waals surface area contributed by atoms with Crippen LogP contribution in [0.3, 0.4) is 0 Å². The van der Waals surface area contributed by atoms with Gasteiger partial charge in [-0.25, -0.2) is 4.39 Å². The van der Waals surface area contributed by atoms with Gasteiger partial charge in [-0.2, -0.15) is 0 Å². The number of aliphatic hydroxyl groups excluding tert-OH is 1. The quantitative estimate of drug-likeness (QED) is 0.852. The van der Waals surface area contributed by atoms with E-state index in [0.29, 0.717) is 17.1 Å². The van der Waals surface area contributed by atoms with E-state index in [-0.39, 0.29) is 18.0 Å². The minimum atomic E-state index is -0.299. The van der Waals surface area contributed by atoms with Gasteiger partial charge >= 0.3 is 0 Å². The number of hydrogen-bond donors (Lipinski definition) is 2. The molecule has 2 N–H and O–H groups in total. The zero-order valence-electron chi connectivity index (χ0n) is 8.97. The average molecular weight is 244 g/mol. The zero-order chi connectivity index (χ0) is 11.6. The van der Waals surface area contributed by atoms with E-state index in [4.69, 9.17) is 11.6 Å². The molecule has 0 spiro atoms. The molecule has 1 aliphatic rings. The predicted molar refractivity (Wildman–Crippen MR) is 61.9 cm³/mol. The molecule has 0 heterocycles. The van der Waals surface area contributed by atoms with Crippen molar-refractivity contribution >= 4 is 11.6 Å². The van der Waals surface area contributed by atoms with Crippen molar-refractivity contribution in [3.05, 3.63) is 34.6 Å². The Balaban J connectivity index is 1.99. The van der Waals surface area contributed by atoms with Crippen LogP contribution in [0.1, 0.15) is 24.8 Å². The Hall–Kier alpha value is -0.640. The molecule has 1 aromatic carbocycles. The van der Waals surface area contributed by atoms with Crippen LogP contribution >= 0.6 is 11.6 Å². The van der Waals surface area contributed by atoms with E-state index in [1.807, 2.05) is 0 Å². The molecule has 2 nitrogen and oxygen atoms in total. The van der Waals surface area contributed by atoms with Crippen LogP contribution in [0, 0.1) is 5.82 Å². The summed E-state index contributed by atoms with van der Waals surface area (Å²) in [5.74, 6) is -0.299. The van der Waals surface area contributed by atoms with Gasteiger partial charge < -0.3 is 10.4 Å². The van der Waals surface area contributed by atoms with Crippen LogP contribution in [0.4, 0.5) is 4.39 Å². The fourth-order valence-corrected chi connectivity index (χ4v) is 2.10. The summed E-state index contributed by atoms with van der Waals surface area (Å²) in [5.41, 5.74) is 0.399. The monoisotopic (exact) mass is 243 g/mol. The topological polar surface area (TPSA) is 32.3 Å². The molecule has 1 aliphatic carbocycles. The van der Waals surface area contributed by atoms with E-state index in [0.717, 1.165) is 19.3 Å². The van der Waals surface area contributed by atoms with Crippen LogP contribution in [0.5, 0.6) is 0 Å². The van der Waals surface area contributed by atoms with Crippen molar-refractivity contribution in [2.24, 2.45) is 0 Å². The first kappa shape index (κ1) is 11.8. The third kappa shape index (κ3) is 2.37. The first-order valence-electron chi connectivity index (χ1n) is 5.45. The fraction of sp³-hybridized carbons (Fsp3) is 0.500. The highest BCUT2D eigenvalue weighted by Crippen LogP contribution is 2.31. The molecule has 4 heteroatoms. The Kier molecular flexibility index (Phi) is 3.47. The number of halogens is 2. The van der Waals surface area contributed by atoms with E-state index in [1.165, 1.54) is 6.07 Å². The Morgan fingerprint density at radius 2 is 2.19 bits per heavy atom. The number of benzene rings is 1. The molecular formula is C12H15ClFNO. The molecule has 16 heavy (non-hydrogen) atoms. The summed E-state index contributed by atoms with van der Waals surface area (Å²) >= 11 is 5.67. The van der Waals surface area contributed by atoms with Gasteiger partial charge in [0, 0.05) is 22.7 Å². The van der Waals surface area contributed by atoms with Crippen LogP contribution in [0.15, 0.2) is 18.2 Å². The second-order valence-electron chi connectivity index (χ2n) is 4.38. The first-order chi connectivity index (χ1) is 7.65. The van der Waals surface area contributed by atoms with Crippen molar-refractivity contribution in [2.75, 3.05) is 6.61 Å². The molecule has 88 valence electrons. The van der Waals surface area contributed by atoms with Crippen molar-refractivity contribution < 1.29 is 9.50 Å². The Morgan fingerprint density at radius 1 is 1.44 bits per heavy atom. The highest BCUT2D eigenvalue weighted by Gasteiger charge is 2.35. The van der Waals surface area contributed by atoms with Crippen LogP contribution in [0.25, 0.3) is 0 Å².